The molecule has 4 atom stereocenters. The molecule has 1 saturated heterocycles. The summed E-state index contributed by atoms with van der Waals surface area (Å²) in [5.41, 5.74) is 7.46. The quantitative estimate of drug-likeness (QED) is 0.770. The van der Waals surface area contributed by atoms with Gasteiger partial charge in [0.1, 0.15) is 0 Å². The predicted molar refractivity (Wildman–Crippen MR) is 105 cm³/mol. The lowest BCUT2D eigenvalue weighted by atomic mass is 9.92. The van der Waals surface area contributed by atoms with E-state index in [1.807, 2.05) is 6.21 Å². The van der Waals surface area contributed by atoms with E-state index in [9.17, 15) is 0 Å². The van der Waals surface area contributed by atoms with Crippen molar-refractivity contribution in [3.8, 4) is 12.3 Å². The first-order valence-electron chi connectivity index (χ1n) is 9.14. The van der Waals surface area contributed by atoms with Crippen molar-refractivity contribution in [2.24, 2.45) is 16.0 Å². The number of nitrogens with one attached hydrogen (secondary N) is 2. The summed E-state index contributed by atoms with van der Waals surface area (Å²) in [6.45, 7) is 8.68. The van der Waals surface area contributed by atoms with Crippen molar-refractivity contribution in [2.45, 2.75) is 51.7 Å². The van der Waals surface area contributed by atoms with Crippen molar-refractivity contribution in [3.63, 3.8) is 0 Å². The molecule has 0 aliphatic carbocycles. The smallest absolute Gasteiger partial charge is 0.0843 e. The van der Waals surface area contributed by atoms with Crippen molar-refractivity contribution < 1.29 is 0 Å². The van der Waals surface area contributed by atoms with Gasteiger partial charge in [0, 0.05) is 48.5 Å². The molecule has 0 bridgehead atoms. The minimum Gasteiger partial charge on any atom is -0.306 e. The highest BCUT2D eigenvalue weighted by Crippen LogP contribution is 2.25. The summed E-state index contributed by atoms with van der Waals surface area (Å²) in [6, 6.07) is 0.959. The lowest BCUT2D eigenvalue weighted by Gasteiger charge is -2.28. The number of likely N-dealkylation sites (tertiary alicyclic amines) is 1. The van der Waals surface area contributed by atoms with E-state index in [1.165, 1.54) is 18.5 Å². The summed E-state index contributed by atoms with van der Waals surface area (Å²) in [5, 5.41) is 7.98. The van der Waals surface area contributed by atoms with Crippen molar-refractivity contribution >= 4 is 11.9 Å². The summed E-state index contributed by atoms with van der Waals surface area (Å²) >= 11 is 0. The van der Waals surface area contributed by atoms with Gasteiger partial charge in [-0.05, 0) is 45.5 Å². The normalized spacial score (nSPS) is 33.4. The zero-order valence-corrected chi connectivity index (χ0v) is 15.7. The van der Waals surface area contributed by atoms with Gasteiger partial charge in [0.2, 0.25) is 0 Å². The maximum atomic E-state index is 5.79. The zero-order chi connectivity index (χ0) is 18.0. The molecule has 0 radical (unpaired) electrons. The molecule has 0 aromatic carbocycles. The minimum atomic E-state index is 0.0672. The number of hydrogen-bond donors (Lipinski definition) is 2. The first-order chi connectivity index (χ1) is 12.0. The van der Waals surface area contributed by atoms with Crippen molar-refractivity contribution in [1.82, 2.24) is 15.6 Å². The molecule has 3 rings (SSSR count). The Bertz CT molecular complexity index is 679. The van der Waals surface area contributed by atoms with Gasteiger partial charge in [-0.15, -0.1) is 6.42 Å². The van der Waals surface area contributed by atoms with Gasteiger partial charge in [-0.1, -0.05) is 12.8 Å². The Morgan fingerprint density at radius 1 is 1.48 bits per heavy atom. The van der Waals surface area contributed by atoms with Crippen LogP contribution in [0.5, 0.6) is 0 Å². The summed E-state index contributed by atoms with van der Waals surface area (Å²) in [6.07, 6.45) is 11.9. The molecule has 25 heavy (non-hydrogen) atoms. The van der Waals surface area contributed by atoms with E-state index in [0.29, 0.717) is 18.0 Å². The van der Waals surface area contributed by atoms with E-state index >= 15 is 0 Å². The second-order valence-corrected chi connectivity index (χ2v) is 7.57. The van der Waals surface area contributed by atoms with E-state index in [2.05, 4.69) is 60.6 Å². The van der Waals surface area contributed by atoms with Crippen molar-refractivity contribution in [3.05, 3.63) is 22.9 Å². The summed E-state index contributed by atoms with van der Waals surface area (Å²) in [5.74, 6) is 3.13. The summed E-state index contributed by atoms with van der Waals surface area (Å²) in [4.78, 5) is 7.17. The van der Waals surface area contributed by atoms with Gasteiger partial charge in [0.25, 0.3) is 0 Å². The van der Waals surface area contributed by atoms with Crippen LogP contribution in [0.15, 0.2) is 33.0 Å². The van der Waals surface area contributed by atoms with Crippen LogP contribution in [-0.2, 0) is 0 Å². The van der Waals surface area contributed by atoms with Crippen LogP contribution in [0.3, 0.4) is 0 Å². The van der Waals surface area contributed by atoms with Crippen molar-refractivity contribution in [2.75, 3.05) is 20.1 Å². The van der Waals surface area contributed by atoms with Crippen LogP contribution in [0, 0.1) is 18.3 Å². The third-order valence-electron chi connectivity index (χ3n) is 5.41. The Morgan fingerprint density at radius 3 is 2.88 bits per heavy atom. The average molecular weight is 339 g/mol. The van der Waals surface area contributed by atoms with Gasteiger partial charge in [-0.2, -0.15) is 5.10 Å². The number of allylic oxidation sites excluding steroid dienone is 1. The molecule has 0 spiro atoms. The van der Waals surface area contributed by atoms with Crippen LogP contribution in [0.2, 0.25) is 0 Å². The number of hydrazone groups is 1. The second-order valence-electron chi connectivity index (χ2n) is 7.57. The Hall–Kier alpha value is -1.90. The van der Waals surface area contributed by atoms with Gasteiger partial charge in [-0.25, -0.2) is 0 Å². The van der Waals surface area contributed by atoms with E-state index < -0.39 is 0 Å². The van der Waals surface area contributed by atoms with E-state index in [-0.39, 0.29) is 6.04 Å². The monoisotopic (exact) mass is 339 g/mol. The minimum absolute atomic E-state index is 0.0672. The number of hydrogen-bond acceptors (Lipinski definition) is 5. The molecule has 2 N–H and O–H groups in total. The first-order valence-corrected chi connectivity index (χ1v) is 9.14. The highest BCUT2D eigenvalue weighted by molar-refractivity contribution is 5.85. The molecule has 0 saturated carbocycles. The first kappa shape index (κ1) is 17.9. The molecule has 5 heteroatoms. The van der Waals surface area contributed by atoms with E-state index in [1.54, 1.807) is 0 Å². The van der Waals surface area contributed by atoms with Crippen LogP contribution in [-0.4, -0.2) is 55.1 Å². The summed E-state index contributed by atoms with van der Waals surface area (Å²) < 4.78 is 0. The third-order valence-corrected chi connectivity index (χ3v) is 5.41. The highest BCUT2D eigenvalue weighted by Gasteiger charge is 2.27. The van der Waals surface area contributed by atoms with Crippen LogP contribution >= 0.6 is 0 Å². The maximum Gasteiger partial charge on any atom is 0.0843 e. The number of rotatable bonds is 4. The van der Waals surface area contributed by atoms with Crippen molar-refractivity contribution in [1.29, 1.82) is 0 Å². The third kappa shape index (κ3) is 4.02. The molecule has 5 nitrogen and oxygen atoms in total. The standard InChI is InChI=1S/C20H29N5/c1-6-16(20-13(2)11-21-24-20)10-19-15(4)18(9-14(3)22-19)23-17-7-8-25(5)12-17/h1,10-11,13,17-18,20,23-24H,7-9,12H2,2-5H3/b16-10+/t13?,17-,18?,20?/m1/s1. The average Bonchev–Trinajstić information content (AvgIpc) is 3.17. The number of aliphatic imine (C=N–C) groups is 1. The van der Waals surface area contributed by atoms with Crippen LogP contribution in [0.1, 0.15) is 33.6 Å². The Labute approximate surface area is 151 Å². The Morgan fingerprint density at radius 2 is 2.28 bits per heavy atom. The molecule has 0 aromatic heterocycles. The van der Waals surface area contributed by atoms with Crippen LogP contribution in [0.25, 0.3) is 0 Å². The molecular weight excluding hydrogens is 310 g/mol. The molecule has 134 valence electrons. The fourth-order valence-corrected chi connectivity index (χ4v) is 3.82. The van der Waals surface area contributed by atoms with Gasteiger partial charge in [-0.3, -0.25) is 4.99 Å². The lowest BCUT2D eigenvalue weighted by molar-refractivity contribution is 0.389. The topological polar surface area (TPSA) is 52.0 Å². The van der Waals surface area contributed by atoms with E-state index in [0.717, 1.165) is 29.9 Å². The van der Waals surface area contributed by atoms with Gasteiger partial charge < -0.3 is 15.6 Å². The number of nitrogens with zero attached hydrogens (tertiary/aromatic N) is 3. The Balaban J connectivity index is 1.81. The molecule has 3 heterocycles. The fraction of sp³-hybridized carbons (Fsp3) is 0.600. The second kappa shape index (κ2) is 7.55. The van der Waals surface area contributed by atoms with Gasteiger partial charge in [0.15, 0.2) is 0 Å². The predicted octanol–water partition coefficient (Wildman–Crippen LogP) is 1.94. The number of terminal acetylenes is 1. The molecule has 0 aromatic rings. The lowest BCUT2D eigenvalue weighted by Crippen LogP contribution is -2.42. The zero-order valence-electron chi connectivity index (χ0n) is 15.7. The fourth-order valence-electron chi connectivity index (χ4n) is 3.82. The molecule has 1 fully saturated rings. The maximum absolute atomic E-state index is 5.79. The largest absolute Gasteiger partial charge is 0.306 e. The molecule has 0 amide bonds. The summed E-state index contributed by atoms with van der Waals surface area (Å²) in [7, 11) is 2.18. The SMILES string of the molecule is C#C/C(=C\C1=C(C)C(N[C@@H]2CCN(C)C2)CC(C)=N1)C1NN=CC1C. The van der Waals surface area contributed by atoms with E-state index in [4.69, 9.17) is 11.4 Å². The van der Waals surface area contributed by atoms with Crippen LogP contribution in [0.4, 0.5) is 0 Å². The van der Waals surface area contributed by atoms with Crippen LogP contribution < -0.4 is 10.7 Å². The highest BCUT2D eigenvalue weighted by atomic mass is 15.3. The number of likely N-dealkylation sites (N-methyl/N-ethyl adjacent to an activating group) is 1. The molecule has 3 unspecified atom stereocenters. The van der Waals surface area contributed by atoms with Gasteiger partial charge in [0.05, 0.1) is 11.7 Å². The molecule has 3 aliphatic heterocycles. The molecular formula is C20H29N5. The molecule has 3 aliphatic rings. The van der Waals surface area contributed by atoms with Gasteiger partial charge >= 0.3 is 0 Å². The Kier molecular flexibility index (Phi) is 5.41.